The molecular weight excluding hydrogens is 157 g/mol. The Morgan fingerprint density at radius 3 is 2.00 bits per heavy atom. The Balaban J connectivity index is 2.61. The number of ketones is 1. The summed E-state index contributed by atoms with van der Waals surface area (Å²) in [7, 11) is 0. The molecule has 1 aliphatic carbocycles. The molecular formula is C7H9F3O. The molecule has 1 saturated carbocycles. The highest BCUT2D eigenvalue weighted by molar-refractivity contribution is 5.76. The molecule has 0 aromatic rings. The monoisotopic (exact) mass is 166 g/mol. The molecule has 0 aromatic heterocycles. The third-order valence-corrected chi connectivity index (χ3v) is 2.04. The van der Waals surface area contributed by atoms with Crippen LogP contribution < -0.4 is 0 Å². The van der Waals surface area contributed by atoms with Crippen molar-refractivity contribution in [3.05, 3.63) is 0 Å². The summed E-state index contributed by atoms with van der Waals surface area (Å²) in [6.45, 7) is 1.20. The molecule has 0 aliphatic heterocycles. The molecule has 64 valence electrons. The van der Waals surface area contributed by atoms with Gasteiger partial charge in [-0.15, -0.1) is 0 Å². The van der Waals surface area contributed by atoms with Gasteiger partial charge < -0.3 is 4.79 Å². The highest BCUT2D eigenvalue weighted by atomic mass is 19.4. The van der Waals surface area contributed by atoms with Gasteiger partial charge in [0, 0.05) is 6.42 Å². The van der Waals surface area contributed by atoms with Crippen LogP contribution in [0.1, 0.15) is 26.2 Å². The van der Waals surface area contributed by atoms with Gasteiger partial charge in [-0.3, -0.25) is 0 Å². The van der Waals surface area contributed by atoms with Crippen LogP contribution in [-0.2, 0) is 4.79 Å². The van der Waals surface area contributed by atoms with E-state index < -0.39 is 11.6 Å². The number of halogens is 3. The van der Waals surface area contributed by atoms with Gasteiger partial charge >= 0.3 is 6.18 Å². The highest BCUT2D eigenvalue weighted by Gasteiger charge is 2.63. The third kappa shape index (κ3) is 1.54. The second-order valence-electron chi connectivity index (χ2n) is 3.16. The third-order valence-electron chi connectivity index (χ3n) is 2.04. The summed E-state index contributed by atoms with van der Waals surface area (Å²) < 4.78 is 36.3. The first-order chi connectivity index (χ1) is 4.87. The maximum atomic E-state index is 12.1. The first-order valence-electron chi connectivity index (χ1n) is 3.44. The molecule has 0 N–H and O–H groups in total. The lowest BCUT2D eigenvalue weighted by molar-refractivity contribution is -0.189. The largest absolute Gasteiger partial charge is 0.394 e. The molecule has 1 rings (SSSR count). The maximum absolute atomic E-state index is 12.1. The molecule has 0 atom stereocenters. The smallest absolute Gasteiger partial charge is 0.300 e. The minimum Gasteiger partial charge on any atom is -0.300 e. The van der Waals surface area contributed by atoms with Crippen LogP contribution in [0.5, 0.6) is 0 Å². The standard InChI is InChI=1S/C7H9F3O/c1-5(11)4-6(2-3-6)7(8,9)10/h2-4H2,1H3. The van der Waals surface area contributed by atoms with Crippen molar-refractivity contribution in [1.82, 2.24) is 0 Å². The molecule has 0 unspecified atom stereocenters. The van der Waals surface area contributed by atoms with Gasteiger partial charge in [0.25, 0.3) is 0 Å². The van der Waals surface area contributed by atoms with Crippen molar-refractivity contribution in [2.45, 2.75) is 32.4 Å². The van der Waals surface area contributed by atoms with E-state index in [1.165, 1.54) is 6.92 Å². The van der Waals surface area contributed by atoms with Gasteiger partial charge in [0.1, 0.15) is 5.78 Å². The Morgan fingerprint density at radius 1 is 1.45 bits per heavy atom. The lowest BCUT2D eigenvalue weighted by atomic mass is 10.00. The summed E-state index contributed by atoms with van der Waals surface area (Å²) >= 11 is 0. The molecule has 0 radical (unpaired) electrons. The minimum atomic E-state index is -4.18. The zero-order valence-electron chi connectivity index (χ0n) is 6.16. The fourth-order valence-corrected chi connectivity index (χ4v) is 1.19. The summed E-state index contributed by atoms with van der Waals surface area (Å²) in [5.74, 6) is -0.375. The molecule has 0 amide bonds. The van der Waals surface area contributed by atoms with Gasteiger partial charge in [-0.2, -0.15) is 13.2 Å². The van der Waals surface area contributed by atoms with Gasteiger partial charge in [0.15, 0.2) is 0 Å². The van der Waals surface area contributed by atoms with E-state index in [-0.39, 0.29) is 25.0 Å². The van der Waals surface area contributed by atoms with Crippen LogP contribution in [0.25, 0.3) is 0 Å². The quantitative estimate of drug-likeness (QED) is 0.615. The van der Waals surface area contributed by atoms with Crippen molar-refractivity contribution < 1.29 is 18.0 Å². The van der Waals surface area contributed by atoms with Crippen LogP contribution in [0.15, 0.2) is 0 Å². The summed E-state index contributed by atoms with van der Waals surface area (Å²) in [6, 6.07) is 0. The average Bonchev–Trinajstić information content (AvgIpc) is 2.42. The molecule has 0 heterocycles. The molecule has 1 fully saturated rings. The van der Waals surface area contributed by atoms with E-state index in [1.807, 2.05) is 0 Å². The van der Waals surface area contributed by atoms with E-state index in [1.54, 1.807) is 0 Å². The van der Waals surface area contributed by atoms with Crippen LogP contribution in [0.2, 0.25) is 0 Å². The molecule has 0 spiro atoms. The van der Waals surface area contributed by atoms with Crippen molar-refractivity contribution in [3.8, 4) is 0 Å². The lowest BCUT2D eigenvalue weighted by Crippen LogP contribution is -2.26. The molecule has 1 aliphatic rings. The summed E-state index contributed by atoms with van der Waals surface area (Å²) in [5.41, 5.74) is -1.64. The van der Waals surface area contributed by atoms with Crippen molar-refractivity contribution >= 4 is 5.78 Å². The van der Waals surface area contributed by atoms with Crippen molar-refractivity contribution in [3.63, 3.8) is 0 Å². The van der Waals surface area contributed by atoms with Gasteiger partial charge in [-0.05, 0) is 19.8 Å². The van der Waals surface area contributed by atoms with E-state index in [2.05, 4.69) is 0 Å². The van der Waals surface area contributed by atoms with Gasteiger partial charge in [-0.1, -0.05) is 0 Å². The normalized spacial score (nSPS) is 21.5. The fourth-order valence-electron chi connectivity index (χ4n) is 1.19. The molecule has 0 aromatic carbocycles. The topological polar surface area (TPSA) is 17.1 Å². The SMILES string of the molecule is CC(=O)CC1(C(F)(F)F)CC1. The number of alkyl halides is 3. The Kier molecular flexibility index (Phi) is 1.73. The number of carbonyl (C=O) groups excluding carboxylic acids is 1. The predicted molar refractivity (Wildman–Crippen MR) is 33.0 cm³/mol. The zero-order valence-corrected chi connectivity index (χ0v) is 6.16. The molecule has 1 nitrogen and oxygen atoms in total. The van der Waals surface area contributed by atoms with E-state index in [0.29, 0.717) is 0 Å². The Hall–Kier alpha value is -0.540. The van der Waals surface area contributed by atoms with Crippen molar-refractivity contribution in [1.29, 1.82) is 0 Å². The maximum Gasteiger partial charge on any atom is 0.394 e. The van der Waals surface area contributed by atoms with Crippen LogP contribution in [0.4, 0.5) is 13.2 Å². The Morgan fingerprint density at radius 2 is 1.91 bits per heavy atom. The zero-order chi connectivity index (χ0) is 8.70. The number of hydrogen-bond acceptors (Lipinski definition) is 1. The fraction of sp³-hybridized carbons (Fsp3) is 0.857. The first kappa shape index (κ1) is 8.56. The number of rotatable bonds is 2. The molecule has 0 bridgehead atoms. The van der Waals surface area contributed by atoms with Gasteiger partial charge in [0.2, 0.25) is 0 Å². The van der Waals surface area contributed by atoms with Crippen molar-refractivity contribution in [2.75, 3.05) is 0 Å². The highest BCUT2D eigenvalue weighted by Crippen LogP contribution is 2.59. The summed E-state index contributed by atoms with van der Waals surface area (Å²) in [4.78, 5) is 10.4. The Labute approximate surface area is 62.6 Å². The van der Waals surface area contributed by atoms with Crippen LogP contribution >= 0.6 is 0 Å². The number of Topliss-reactive ketones (excluding diaryl/α,β-unsaturated/α-hetero) is 1. The van der Waals surface area contributed by atoms with E-state index in [9.17, 15) is 18.0 Å². The predicted octanol–water partition coefficient (Wildman–Crippen LogP) is 2.31. The second kappa shape index (κ2) is 2.22. The van der Waals surface area contributed by atoms with Crippen LogP contribution in [0.3, 0.4) is 0 Å². The lowest BCUT2D eigenvalue weighted by Gasteiger charge is -2.16. The Bertz CT molecular complexity index is 179. The number of carbonyl (C=O) groups is 1. The van der Waals surface area contributed by atoms with E-state index >= 15 is 0 Å². The van der Waals surface area contributed by atoms with Gasteiger partial charge in [0.05, 0.1) is 5.41 Å². The van der Waals surface area contributed by atoms with Crippen LogP contribution in [-0.4, -0.2) is 12.0 Å². The van der Waals surface area contributed by atoms with E-state index in [0.717, 1.165) is 0 Å². The van der Waals surface area contributed by atoms with E-state index in [4.69, 9.17) is 0 Å². The summed E-state index contributed by atoms with van der Waals surface area (Å²) in [5, 5.41) is 0. The molecule has 4 heteroatoms. The van der Waals surface area contributed by atoms with Crippen molar-refractivity contribution in [2.24, 2.45) is 5.41 Å². The molecule has 0 saturated heterocycles. The minimum absolute atomic E-state index is 0.121. The van der Waals surface area contributed by atoms with Crippen LogP contribution in [0, 0.1) is 5.41 Å². The average molecular weight is 166 g/mol. The molecule has 11 heavy (non-hydrogen) atoms. The van der Waals surface area contributed by atoms with Gasteiger partial charge in [-0.25, -0.2) is 0 Å². The number of hydrogen-bond donors (Lipinski definition) is 0. The summed E-state index contributed by atoms with van der Waals surface area (Å²) in [6.07, 6.45) is -4.28. The first-order valence-corrected chi connectivity index (χ1v) is 3.44. The second-order valence-corrected chi connectivity index (χ2v) is 3.16.